The van der Waals surface area contributed by atoms with Crippen LogP contribution < -0.4 is 5.43 Å². The number of fused-ring (bicyclic) bond motifs is 1. The maximum atomic E-state index is 12.1. The van der Waals surface area contributed by atoms with Gasteiger partial charge in [-0.3, -0.25) is 9.59 Å². The van der Waals surface area contributed by atoms with E-state index in [0.717, 1.165) is 29.2 Å². The van der Waals surface area contributed by atoms with E-state index in [4.69, 9.17) is 0 Å². The quantitative estimate of drug-likeness (QED) is 0.524. The number of piperidine rings is 1. The Morgan fingerprint density at radius 2 is 1.83 bits per heavy atom. The number of likely N-dealkylation sites (tertiary alicyclic amines) is 1. The zero-order valence-corrected chi connectivity index (χ0v) is 13.7. The van der Waals surface area contributed by atoms with Gasteiger partial charge in [-0.15, -0.1) is 0 Å². The normalized spacial score (nSPS) is 15.8. The molecule has 1 aliphatic rings. The summed E-state index contributed by atoms with van der Waals surface area (Å²) in [6.07, 6.45) is 3.46. The molecule has 3 rings (SSSR count). The van der Waals surface area contributed by atoms with Crippen molar-refractivity contribution in [2.24, 2.45) is 11.0 Å². The van der Waals surface area contributed by atoms with E-state index < -0.39 is 11.8 Å². The second-order valence-corrected chi connectivity index (χ2v) is 6.24. The molecular weight excluding hydrogens is 302 g/mol. The van der Waals surface area contributed by atoms with Gasteiger partial charge >= 0.3 is 11.8 Å². The van der Waals surface area contributed by atoms with E-state index in [1.54, 1.807) is 11.1 Å². The maximum absolute atomic E-state index is 12.1. The summed E-state index contributed by atoms with van der Waals surface area (Å²) in [6, 6.07) is 13.8. The van der Waals surface area contributed by atoms with Crippen molar-refractivity contribution in [3.05, 3.63) is 48.0 Å². The molecule has 1 heterocycles. The molecule has 1 N–H and O–H groups in total. The molecular formula is C19H21N3O2. The third kappa shape index (κ3) is 3.62. The average molecular weight is 323 g/mol. The number of nitrogens with zero attached hydrogens (tertiary/aromatic N) is 2. The second-order valence-electron chi connectivity index (χ2n) is 6.24. The van der Waals surface area contributed by atoms with Gasteiger partial charge in [0.2, 0.25) is 0 Å². The van der Waals surface area contributed by atoms with Crippen LogP contribution in [0.15, 0.2) is 47.6 Å². The molecule has 24 heavy (non-hydrogen) atoms. The van der Waals surface area contributed by atoms with Gasteiger partial charge < -0.3 is 4.90 Å². The van der Waals surface area contributed by atoms with Gasteiger partial charge in [0.15, 0.2) is 0 Å². The van der Waals surface area contributed by atoms with Gasteiger partial charge in [0.25, 0.3) is 0 Å². The van der Waals surface area contributed by atoms with Crippen LogP contribution in [0.3, 0.4) is 0 Å². The van der Waals surface area contributed by atoms with E-state index >= 15 is 0 Å². The highest BCUT2D eigenvalue weighted by Crippen LogP contribution is 2.17. The van der Waals surface area contributed by atoms with Gasteiger partial charge in [-0.2, -0.15) is 5.10 Å². The van der Waals surface area contributed by atoms with E-state index in [2.05, 4.69) is 17.5 Å². The number of benzene rings is 2. The van der Waals surface area contributed by atoms with Crippen molar-refractivity contribution >= 4 is 28.8 Å². The fourth-order valence-electron chi connectivity index (χ4n) is 2.93. The molecule has 2 amide bonds. The molecule has 5 heteroatoms. The summed E-state index contributed by atoms with van der Waals surface area (Å²) in [5, 5.41) is 6.10. The third-order valence-corrected chi connectivity index (χ3v) is 4.46. The van der Waals surface area contributed by atoms with Gasteiger partial charge in [0.1, 0.15) is 0 Å². The molecule has 0 spiro atoms. The summed E-state index contributed by atoms with van der Waals surface area (Å²) in [4.78, 5) is 25.7. The van der Waals surface area contributed by atoms with Crippen molar-refractivity contribution < 1.29 is 9.59 Å². The summed E-state index contributed by atoms with van der Waals surface area (Å²) in [5.41, 5.74) is 3.24. The first-order valence-electron chi connectivity index (χ1n) is 8.25. The number of hydrogen-bond acceptors (Lipinski definition) is 3. The van der Waals surface area contributed by atoms with E-state index in [0.29, 0.717) is 19.0 Å². The molecule has 1 fully saturated rings. The van der Waals surface area contributed by atoms with Crippen LogP contribution in [-0.2, 0) is 9.59 Å². The van der Waals surface area contributed by atoms with Crippen molar-refractivity contribution in [2.45, 2.75) is 19.8 Å². The lowest BCUT2D eigenvalue weighted by Gasteiger charge is -2.29. The van der Waals surface area contributed by atoms with Crippen LogP contribution in [0.1, 0.15) is 25.3 Å². The van der Waals surface area contributed by atoms with Gasteiger partial charge in [0, 0.05) is 18.7 Å². The molecule has 0 aromatic heterocycles. The van der Waals surface area contributed by atoms with Crippen LogP contribution in [0.4, 0.5) is 0 Å². The van der Waals surface area contributed by atoms with Gasteiger partial charge in [-0.1, -0.05) is 49.4 Å². The molecule has 0 unspecified atom stereocenters. The van der Waals surface area contributed by atoms with Gasteiger partial charge in [-0.05, 0) is 29.5 Å². The maximum Gasteiger partial charge on any atom is 0.329 e. The average Bonchev–Trinajstić information content (AvgIpc) is 2.62. The minimum absolute atomic E-state index is 0.503. The molecule has 0 saturated carbocycles. The highest BCUT2D eigenvalue weighted by molar-refractivity contribution is 6.35. The Labute approximate surface area is 141 Å². The van der Waals surface area contributed by atoms with Gasteiger partial charge in [-0.25, -0.2) is 5.43 Å². The SMILES string of the molecule is CC1CCN(C(=O)C(=O)N/N=C\c2cccc3ccccc23)CC1. The zero-order valence-electron chi connectivity index (χ0n) is 13.7. The number of hydrogen-bond donors (Lipinski definition) is 1. The van der Waals surface area contributed by atoms with Crippen LogP contribution in [0.25, 0.3) is 10.8 Å². The Hall–Kier alpha value is -2.69. The topological polar surface area (TPSA) is 61.8 Å². The highest BCUT2D eigenvalue weighted by Gasteiger charge is 2.25. The van der Waals surface area contributed by atoms with Crippen molar-refractivity contribution in [3.63, 3.8) is 0 Å². The monoisotopic (exact) mass is 323 g/mol. The highest BCUT2D eigenvalue weighted by atomic mass is 16.2. The Morgan fingerprint density at radius 3 is 2.62 bits per heavy atom. The van der Waals surface area contributed by atoms with Crippen LogP contribution in [0.5, 0.6) is 0 Å². The fraction of sp³-hybridized carbons (Fsp3) is 0.316. The Morgan fingerprint density at radius 1 is 1.12 bits per heavy atom. The number of rotatable bonds is 2. The molecule has 1 aliphatic heterocycles. The van der Waals surface area contributed by atoms with E-state index in [1.807, 2.05) is 42.5 Å². The molecule has 5 nitrogen and oxygen atoms in total. The van der Waals surface area contributed by atoms with Crippen LogP contribution in [-0.4, -0.2) is 36.0 Å². The number of carbonyl (C=O) groups is 2. The Balaban J connectivity index is 1.63. The van der Waals surface area contributed by atoms with Crippen molar-refractivity contribution in [1.29, 1.82) is 0 Å². The molecule has 0 atom stereocenters. The molecule has 2 aromatic rings. The number of amides is 2. The first kappa shape index (κ1) is 16.2. The first-order chi connectivity index (χ1) is 11.6. The largest absolute Gasteiger partial charge is 0.334 e. The van der Waals surface area contributed by atoms with E-state index in [1.165, 1.54) is 0 Å². The summed E-state index contributed by atoms with van der Waals surface area (Å²) >= 11 is 0. The smallest absolute Gasteiger partial charge is 0.329 e. The minimum atomic E-state index is -0.680. The van der Waals surface area contributed by atoms with Crippen LogP contribution >= 0.6 is 0 Å². The lowest BCUT2D eigenvalue weighted by atomic mass is 9.99. The van der Waals surface area contributed by atoms with Crippen LogP contribution in [0.2, 0.25) is 0 Å². The lowest BCUT2D eigenvalue weighted by Crippen LogP contribution is -2.45. The Kier molecular flexibility index (Phi) is 4.89. The zero-order chi connectivity index (χ0) is 16.9. The first-order valence-corrected chi connectivity index (χ1v) is 8.25. The standard InChI is InChI=1S/C19H21N3O2/c1-14-9-11-22(12-10-14)19(24)18(23)21-20-13-16-7-4-6-15-5-2-3-8-17(15)16/h2-8,13-14H,9-12H2,1H3,(H,21,23)/b20-13-. The predicted molar refractivity (Wildman–Crippen MR) is 94.7 cm³/mol. The molecule has 0 aliphatic carbocycles. The number of hydrazone groups is 1. The molecule has 2 aromatic carbocycles. The summed E-state index contributed by atoms with van der Waals surface area (Å²) in [6.45, 7) is 3.44. The molecule has 0 bridgehead atoms. The van der Waals surface area contributed by atoms with Crippen LogP contribution in [0, 0.1) is 5.92 Å². The second kappa shape index (κ2) is 7.25. The van der Waals surface area contributed by atoms with E-state index in [9.17, 15) is 9.59 Å². The fourth-order valence-corrected chi connectivity index (χ4v) is 2.93. The lowest BCUT2D eigenvalue weighted by molar-refractivity contribution is -0.146. The van der Waals surface area contributed by atoms with Crippen molar-refractivity contribution in [2.75, 3.05) is 13.1 Å². The Bertz CT molecular complexity index is 772. The molecule has 124 valence electrons. The van der Waals surface area contributed by atoms with Gasteiger partial charge in [0.05, 0.1) is 6.21 Å². The third-order valence-electron chi connectivity index (χ3n) is 4.46. The van der Waals surface area contributed by atoms with E-state index in [-0.39, 0.29) is 0 Å². The summed E-state index contributed by atoms with van der Waals surface area (Å²) < 4.78 is 0. The predicted octanol–water partition coefficient (Wildman–Crippen LogP) is 2.55. The summed E-state index contributed by atoms with van der Waals surface area (Å²) in [5.74, 6) is -0.570. The van der Waals surface area contributed by atoms with Crippen molar-refractivity contribution in [3.8, 4) is 0 Å². The summed E-state index contributed by atoms with van der Waals surface area (Å²) in [7, 11) is 0. The number of carbonyl (C=O) groups excluding carboxylic acids is 2. The molecule has 0 radical (unpaired) electrons. The number of nitrogens with one attached hydrogen (secondary N) is 1. The van der Waals surface area contributed by atoms with Crippen molar-refractivity contribution in [1.82, 2.24) is 10.3 Å². The molecule has 1 saturated heterocycles. The minimum Gasteiger partial charge on any atom is -0.334 e.